The van der Waals surface area contributed by atoms with Gasteiger partial charge in [0, 0.05) is 46.2 Å². The third-order valence-electron chi connectivity index (χ3n) is 12.0. The number of phenols is 2. The number of benzene rings is 5. The van der Waals surface area contributed by atoms with E-state index < -0.39 is 11.9 Å². The van der Waals surface area contributed by atoms with Crippen molar-refractivity contribution in [1.29, 1.82) is 0 Å². The van der Waals surface area contributed by atoms with Crippen molar-refractivity contribution in [2.75, 3.05) is 0 Å². The van der Waals surface area contributed by atoms with Crippen LogP contribution in [0.3, 0.4) is 0 Å². The minimum atomic E-state index is -0.691. The Labute approximate surface area is 367 Å². The lowest BCUT2D eigenvalue weighted by molar-refractivity contribution is 0.0677. The van der Waals surface area contributed by atoms with E-state index >= 15 is 0 Å². The Bertz CT molecular complexity index is 2390. The zero-order chi connectivity index (χ0) is 45.1. The van der Waals surface area contributed by atoms with Crippen LogP contribution in [0.15, 0.2) is 72.8 Å². The standard InChI is InChI=1S/C54H62O8/c1-51(2,3)39-19-31-17-32-20-40(52(4,5)6)24-36(46(32)56)28-60-30-38-26-42(54(10,11)12)22-34-18-33-21-41(53(7,8)9)25-37(29-59-27-35(23-39)45(31)55)47(33)61-49(57)43-15-13-14-16-44(43)50(58)62-48(34)38/h13-16,19-26,55-56H,17-18,27-30H2,1-12H3. The van der Waals surface area contributed by atoms with Gasteiger partial charge < -0.3 is 29.2 Å². The molecule has 0 radical (unpaired) electrons. The monoisotopic (exact) mass is 838 g/mol. The van der Waals surface area contributed by atoms with E-state index in [9.17, 15) is 19.8 Å². The van der Waals surface area contributed by atoms with E-state index in [1.54, 1.807) is 24.3 Å². The molecule has 2 aliphatic heterocycles. The molecule has 0 amide bonds. The number of hydrogen-bond donors (Lipinski definition) is 2. The summed E-state index contributed by atoms with van der Waals surface area (Å²) < 4.78 is 25.9. The lowest BCUT2D eigenvalue weighted by Gasteiger charge is -2.26. The number of fused-ring (bicyclic) bond motifs is 5. The first-order valence-corrected chi connectivity index (χ1v) is 21.6. The molecule has 2 heterocycles. The van der Waals surface area contributed by atoms with Gasteiger partial charge in [-0.25, -0.2) is 9.59 Å². The molecule has 5 aromatic rings. The summed E-state index contributed by atoms with van der Waals surface area (Å²) in [6, 6.07) is 22.7. The van der Waals surface area contributed by atoms with Gasteiger partial charge >= 0.3 is 11.9 Å². The minimum Gasteiger partial charge on any atom is -0.507 e. The predicted molar refractivity (Wildman–Crippen MR) is 243 cm³/mol. The van der Waals surface area contributed by atoms with Gasteiger partial charge in [-0.15, -0.1) is 0 Å². The molecule has 326 valence electrons. The molecule has 2 aliphatic rings. The van der Waals surface area contributed by atoms with Gasteiger partial charge in [-0.05, 0) is 91.4 Å². The molecule has 0 fully saturated rings. The summed E-state index contributed by atoms with van der Waals surface area (Å²) in [5.41, 5.74) is 8.37. The van der Waals surface area contributed by atoms with Crippen LogP contribution < -0.4 is 9.47 Å². The van der Waals surface area contributed by atoms with Crippen molar-refractivity contribution in [1.82, 2.24) is 0 Å². The molecule has 0 aliphatic carbocycles. The summed E-state index contributed by atoms with van der Waals surface area (Å²) in [7, 11) is 0. The molecular weight excluding hydrogens is 777 g/mol. The van der Waals surface area contributed by atoms with Crippen LogP contribution in [-0.2, 0) is 70.4 Å². The molecule has 0 unspecified atom stereocenters. The second-order valence-corrected chi connectivity index (χ2v) is 21.2. The van der Waals surface area contributed by atoms with Gasteiger partial charge in [-0.1, -0.05) is 119 Å². The van der Waals surface area contributed by atoms with Gasteiger partial charge in [-0.3, -0.25) is 0 Å². The van der Waals surface area contributed by atoms with E-state index in [2.05, 4.69) is 95.2 Å². The highest BCUT2D eigenvalue weighted by atomic mass is 16.5. The molecule has 2 N–H and O–H groups in total. The predicted octanol–water partition coefficient (Wildman–Crippen LogP) is 12.0. The number of rotatable bonds is 0. The Hall–Kier alpha value is -5.44. The molecule has 0 saturated carbocycles. The highest BCUT2D eigenvalue weighted by Crippen LogP contribution is 2.42. The fourth-order valence-corrected chi connectivity index (χ4v) is 8.08. The first-order valence-electron chi connectivity index (χ1n) is 21.6. The van der Waals surface area contributed by atoms with Crippen LogP contribution in [0.25, 0.3) is 0 Å². The van der Waals surface area contributed by atoms with E-state index in [-0.39, 0.29) is 83.6 Å². The molecule has 8 heteroatoms. The van der Waals surface area contributed by atoms with Crippen molar-refractivity contribution in [3.05, 3.63) is 151 Å². The zero-order valence-electron chi connectivity index (χ0n) is 38.5. The maximum Gasteiger partial charge on any atom is 0.344 e. The van der Waals surface area contributed by atoms with E-state index in [0.717, 1.165) is 33.4 Å². The molecule has 0 saturated heterocycles. The third-order valence-corrected chi connectivity index (χ3v) is 12.0. The smallest absolute Gasteiger partial charge is 0.344 e. The van der Waals surface area contributed by atoms with Crippen molar-refractivity contribution < 1.29 is 38.7 Å². The highest BCUT2D eigenvalue weighted by molar-refractivity contribution is 6.04. The van der Waals surface area contributed by atoms with Gasteiger partial charge in [0.25, 0.3) is 0 Å². The number of hydrogen-bond acceptors (Lipinski definition) is 8. The summed E-state index contributed by atoms with van der Waals surface area (Å²) in [4.78, 5) is 28.5. The van der Waals surface area contributed by atoms with E-state index in [4.69, 9.17) is 18.9 Å². The zero-order valence-corrected chi connectivity index (χ0v) is 38.5. The van der Waals surface area contributed by atoms with Crippen molar-refractivity contribution in [2.45, 2.75) is 144 Å². The van der Waals surface area contributed by atoms with Gasteiger partial charge in [0.05, 0.1) is 37.6 Å². The molecule has 8 nitrogen and oxygen atoms in total. The van der Waals surface area contributed by atoms with E-state index in [0.29, 0.717) is 44.9 Å². The average molecular weight is 839 g/mol. The molecule has 62 heavy (non-hydrogen) atoms. The van der Waals surface area contributed by atoms with Crippen LogP contribution in [0.4, 0.5) is 0 Å². The Kier molecular flexibility index (Phi) is 11.8. The van der Waals surface area contributed by atoms with E-state index in [1.807, 2.05) is 36.4 Å². The molecule has 7 rings (SSSR count). The van der Waals surface area contributed by atoms with Crippen LogP contribution in [0.5, 0.6) is 23.0 Å². The third kappa shape index (κ3) is 9.32. The summed E-state index contributed by atoms with van der Waals surface area (Å²) in [5, 5.41) is 24.0. The maximum absolute atomic E-state index is 14.3. The minimum absolute atomic E-state index is 0.0525. The van der Waals surface area contributed by atoms with Crippen molar-refractivity contribution in [3.63, 3.8) is 0 Å². The number of aromatic hydroxyl groups is 2. The second kappa shape index (κ2) is 16.4. The lowest BCUT2D eigenvalue weighted by atomic mass is 9.82. The van der Waals surface area contributed by atoms with Gasteiger partial charge in [0.2, 0.25) is 0 Å². The van der Waals surface area contributed by atoms with Crippen LogP contribution in [-0.4, -0.2) is 22.2 Å². The molecule has 5 aromatic carbocycles. The molecule has 0 aromatic heterocycles. The van der Waals surface area contributed by atoms with Crippen molar-refractivity contribution >= 4 is 11.9 Å². The van der Waals surface area contributed by atoms with Crippen LogP contribution in [0.2, 0.25) is 0 Å². The first kappa shape index (κ1) is 44.6. The molecular formula is C54H62O8. The highest BCUT2D eigenvalue weighted by Gasteiger charge is 2.31. The number of carbonyl (C=O) groups excluding carboxylic acids is 2. The summed E-state index contributed by atoms with van der Waals surface area (Å²) in [6.45, 7) is 25.8. The van der Waals surface area contributed by atoms with Gasteiger partial charge in [0.1, 0.15) is 23.0 Å². The van der Waals surface area contributed by atoms with Crippen LogP contribution in [0.1, 0.15) is 171 Å². The Morgan fingerprint density at radius 1 is 0.403 bits per heavy atom. The topological polar surface area (TPSA) is 112 Å². The van der Waals surface area contributed by atoms with Crippen LogP contribution in [0, 0.1) is 0 Å². The summed E-state index contributed by atoms with van der Waals surface area (Å²) >= 11 is 0. The SMILES string of the molecule is CC(C)(C)c1cc2c(O)c(c1)Cc1cc(C(C)(C)C)cc(c1O)COCc1cc(C(C)(C)C)cc3c1OC(=O)c1ccccc1C(=O)Oc1c(cc(C(C)(C)C)cc1C3)COC2. The van der Waals surface area contributed by atoms with Crippen molar-refractivity contribution in [2.24, 2.45) is 0 Å². The Morgan fingerprint density at radius 3 is 1.02 bits per heavy atom. The lowest BCUT2D eigenvalue weighted by Crippen LogP contribution is -2.19. The molecule has 0 spiro atoms. The van der Waals surface area contributed by atoms with Gasteiger partial charge in [-0.2, -0.15) is 0 Å². The fourth-order valence-electron chi connectivity index (χ4n) is 8.08. The number of phenolic OH excluding ortho intramolecular Hbond substituents is 2. The van der Waals surface area contributed by atoms with Gasteiger partial charge in [0.15, 0.2) is 0 Å². The number of esters is 2. The largest absolute Gasteiger partial charge is 0.507 e. The number of ether oxygens (including phenoxy) is 4. The summed E-state index contributed by atoms with van der Waals surface area (Å²) in [5.74, 6) is -0.484. The second-order valence-electron chi connectivity index (χ2n) is 21.2. The molecule has 10 bridgehead atoms. The first-order chi connectivity index (χ1) is 28.9. The fraction of sp³-hybridized carbons (Fsp3) is 0.407. The Balaban J connectivity index is 1.51. The maximum atomic E-state index is 14.3. The quantitative estimate of drug-likeness (QED) is 0.117. The number of carbonyl (C=O) groups is 2. The van der Waals surface area contributed by atoms with Crippen LogP contribution >= 0.6 is 0 Å². The average Bonchev–Trinajstić information content (AvgIpc) is 3.18. The Morgan fingerprint density at radius 2 is 0.677 bits per heavy atom. The molecule has 0 atom stereocenters. The normalized spacial score (nSPS) is 15.4. The summed E-state index contributed by atoms with van der Waals surface area (Å²) in [6.07, 6.45) is 0.519. The van der Waals surface area contributed by atoms with E-state index in [1.165, 1.54) is 0 Å². The van der Waals surface area contributed by atoms with Crippen molar-refractivity contribution in [3.8, 4) is 23.0 Å².